The van der Waals surface area contributed by atoms with E-state index >= 15 is 0 Å². The van der Waals surface area contributed by atoms with Crippen molar-refractivity contribution in [2.75, 3.05) is 13.2 Å². The third kappa shape index (κ3) is 69.7. The summed E-state index contributed by atoms with van der Waals surface area (Å²) in [6.45, 7) is 4.98. The molecule has 0 aliphatic heterocycles. The van der Waals surface area contributed by atoms with Gasteiger partial charge in [0.2, 0.25) is 5.91 Å². The van der Waals surface area contributed by atoms with E-state index in [9.17, 15) is 19.8 Å². The zero-order chi connectivity index (χ0) is 60.6. The summed E-state index contributed by atoms with van der Waals surface area (Å²) in [5, 5.41) is 23.5. The largest absolute Gasteiger partial charge is 0.466 e. The average molecular weight is 1190 g/mol. The number of unbranched alkanes of at least 4 members (excludes halogenated alkanes) is 61. The van der Waals surface area contributed by atoms with E-state index in [0.717, 1.165) is 44.9 Å². The molecular weight excluding hydrogens is 1030 g/mol. The fraction of sp³-hybridized carbons (Fsp3) is 0.949. The summed E-state index contributed by atoms with van der Waals surface area (Å²) < 4.78 is 5.48. The van der Waals surface area contributed by atoms with Gasteiger partial charge in [0, 0.05) is 12.8 Å². The molecule has 6 nitrogen and oxygen atoms in total. The van der Waals surface area contributed by atoms with E-state index in [1.54, 1.807) is 0 Å². The molecule has 0 heterocycles. The Morgan fingerprint density at radius 1 is 0.321 bits per heavy atom. The summed E-state index contributed by atoms with van der Waals surface area (Å²) in [6, 6.07) is -0.539. The lowest BCUT2D eigenvalue weighted by atomic mass is 10.0. The van der Waals surface area contributed by atoms with Gasteiger partial charge in [0.1, 0.15) is 0 Å². The molecule has 0 fully saturated rings. The smallest absolute Gasteiger partial charge is 0.305 e. The Bertz CT molecular complexity index is 1270. The maximum atomic E-state index is 12.6. The number of hydrogen-bond donors (Lipinski definition) is 3. The van der Waals surface area contributed by atoms with E-state index < -0.39 is 12.1 Å². The number of esters is 1. The van der Waals surface area contributed by atoms with E-state index in [2.05, 4.69) is 31.3 Å². The Balaban J connectivity index is 3.33. The van der Waals surface area contributed by atoms with Crippen LogP contribution in [0.5, 0.6) is 0 Å². The first-order valence-corrected chi connectivity index (χ1v) is 38.9. The highest BCUT2D eigenvalue weighted by Crippen LogP contribution is 2.20. The molecular formula is C78H153NO5. The number of carbonyl (C=O) groups is 2. The fourth-order valence-electron chi connectivity index (χ4n) is 12.6. The highest BCUT2D eigenvalue weighted by atomic mass is 16.5. The Hall–Kier alpha value is -1.40. The van der Waals surface area contributed by atoms with Crippen LogP contribution in [0.1, 0.15) is 450 Å². The van der Waals surface area contributed by atoms with E-state index in [4.69, 9.17) is 4.74 Å². The number of aliphatic hydroxyl groups excluding tert-OH is 2. The van der Waals surface area contributed by atoms with Crippen LogP contribution >= 0.6 is 0 Å². The molecule has 0 aliphatic carbocycles. The van der Waals surface area contributed by atoms with Gasteiger partial charge in [0.05, 0.1) is 25.4 Å². The van der Waals surface area contributed by atoms with E-state index in [0.29, 0.717) is 25.9 Å². The first-order valence-electron chi connectivity index (χ1n) is 38.9. The van der Waals surface area contributed by atoms with Gasteiger partial charge in [-0.25, -0.2) is 0 Å². The number of aliphatic hydroxyl groups is 2. The zero-order valence-corrected chi connectivity index (χ0v) is 57.4. The molecule has 3 N–H and O–H groups in total. The minimum atomic E-state index is -0.662. The molecule has 0 saturated heterocycles. The molecule has 1 amide bonds. The quantitative estimate of drug-likeness (QED) is 0.0320. The molecule has 0 aromatic rings. The zero-order valence-electron chi connectivity index (χ0n) is 57.4. The average Bonchev–Trinajstić information content (AvgIpc) is 3.52. The fourth-order valence-corrected chi connectivity index (χ4v) is 12.6. The maximum Gasteiger partial charge on any atom is 0.305 e. The molecule has 0 bridgehead atoms. The van der Waals surface area contributed by atoms with Gasteiger partial charge >= 0.3 is 5.97 Å². The number of nitrogens with one attached hydrogen (secondary N) is 1. The predicted molar refractivity (Wildman–Crippen MR) is 370 cm³/mol. The van der Waals surface area contributed by atoms with Crippen molar-refractivity contribution in [3.05, 3.63) is 12.2 Å². The topological polar surface area (TPSA) is 95.9 Å². The summed E-state index contributed by atoms with van der Waals surface area (Å²) in [7, 11) is 0. The second kappa shape index (κ2) is 74.1. The van der Waals surface area contributed by atoms with Gasteiger partial charge < -0.3 is 20.3 Å². The van der Waals surface area contributed by atoms with Gasteiger partial charge in [0.25, 0.3) is 0 Å². The Kier molecular flexibility index (Phi) is 72.8. The maximum absolute atomic E-state index is 12.6. The summed E-state index contributed by atoms with van der Waals surface area (Å²) in [4.78, 5) is 24.6. The number of ether oxygens (including phenoxy) is 1. The first kappa shape index (κ1) is 82.6. The van der Waals surface area contributed by atoms with E-state index in [1.807, 2.05) is 0 Å². The Labute approximate surface area is 527 Å². The lowest BCUT2D eigenvalue weighted by Gasteiger charge is -2.22. The lowest BCUT2D eigenvalue weighted by Crippen LogP contribution is -2.45. The van der Waals surface area contributed by atoms with Crippen LogP contribution in [0, 0.1) is 0 Å². The summed E-state index contributed by atoms with van der Waals surface area (Å²) >= 11 is 0. The molecule has 0 rings (SSSR count). The van der Waals surface area contributed by atoms with Crippen LogP contribution in [0.3, 0.4) is 0 Å². The molecule has 0 spiro atoms. The normalized spacial score (nSPS) is 12.5. The number of carbonyl (C=O) groups excluding carboxylic acids is 2. The van der Waals surface area contributed by atoms with Gasteiger partial charge in [-0.05, 0) is 51.4 Å². The molecule has 500 valence electrons. The first-order chi connectivity index (χ1) is 41.5. The number of hydrogen-bond acceptors (Lipinski definition) is 5. The van der Waals surface area contributed by atoms with Crippen LogP contribution in [0.2, 0.25) is 0 Å². The van der Waals surface area contributed by atoms with Gasteiger partial charge in [-0.15, -0.1) is 0 Å². The lowest BCUT2D eigenvalue weighted by molar-refractivity contribution is -0.143. The highest BCUT2D eigenvalue weighted by molar-refractivity contribution is 5.76. The van der Waals surface area contributed by atoms with Crippen molar-refractivity contribution in [3.8, 4) is 0 Å². The highest BCUT2D eigenvalue weighted by Gasteiger charge is 2.20. The van der Waals surface area contributed by atoms with Crippen molar-refractivity contribution in [2.45, 2.75) is 463 Å². The summed E-state index contributed by atoms with van der Waals surface area (Å²) in [6.07, 6.45) is 93.0. The molecule has 0 aromatic carbocycles. The molecule has 0 aliphatic rings. The van der Waals surface area contributed by atoms with Gasteiger partial charge in [-0.2, -0.15) is 0 Å². The molecule has 2 unspecified atom stereocenters. The third-order valence-electron chi connectivity index (χ3n) is 18.6. The number of rotatable bonds is 74. The summed E-state index contributed by atoms with van der Waals surface area (Å²) in [5.74, 6) is -0.0124. The van der Waals surface area contributed by atoms with Crippen molar-refractivity contribution in [2.24, 2.45) is 0 Å². The Morgan fingerprint density at radius 3 is 0.869 bits per heavy atom. The summed E-state index contributed by atoms with van der Waals surface area (Å²) in [5.41, 5.74) is 0. The molecule has 0 radical (unpaired) electrons. The van der Waals surface area contributed by atoms with Crippen LogP contribution in [0.25, 0.3) is 0 Å². The molecule has 6 heteroatoms. The van der Waals surface area contributed by atoms with Crippen LogP contribution in [-0.2, 0) is 14.3 Å². The SMILES string of the molecule is CCCCC/C=C\CCCCCCCC(=O)OCCCCCCCCCCCCCCCCCCCCCCCCCCCCCCCCCCC(=O)NC(CO)C(O)CCCCCCCCCCCCCCCCCCCCCCCCC. The van der Waals surface area contributed by atoms with E-state index in [1.165, 1.54) is 372 Å². The number of allylic oxidation sites excluding steroid dienone is 2. The van der Waals surface area contributed by atoms with Gasteiger partial charge in [-0.1, -0.05) is 398 Å². The minimum Gasteiger partial charge on any atom is -0.466 e. The van der Waals surface area contributed by atoms with Crippen LogP contribution in [0.4, 0.5) is 0 Å². The second-order valence-electron chi connectivity index (χ2n) is 27.0. The van der Waals surface area contributed by atoms with E-state index in [-0.39, 0.29) is 18.5 Å². The van der Waals surface area contributed by atoms with Crippen LogP contribution in [0.15, 0.2) is 12.2 Å². The van der Waals surface area contributed by atoms with Crippen molar-refractivity contribution >= 4 is 11.9 Å². The van der Waals surface area contributed by atoms with Crippen molar-refractivity contribution in [1.29, 1.82) is 0 Å². The van der Waals surface area contributed by atoms with Crippen LogP contribution < -0.4 is 5.32 Å². The second-order valence-corrected chi connectivity index (χ2v) is 27.0. The van der Waals surface area contributed by atoms with Crippen molar-refractivity contribution in [3.63, 3.8) is 0 Å². The number of amides is 1. The van der Waals surface area contributed by atoms with Crippen molar-refractivity contribution in [1.82, 2.24) is 5.32 Å². The third-order valence-corrected chi connectivity index (χ3v) is 18.6. The molecule has 2 atom stereocenters. The standard InChI is InChI=1S/C78H153NO5/c1-3-5-7-9-11-13-15-17-18-19-20-21-32-35-38-41-44-47-50-54-58-62-66-70-76(81)75(74-80)79-77(82)71-67-63-59-55-51-48-45-42-39-36-33-30-28-26-24-22-23-25-27-29-31-34-37-40-43-46-49-53-57-61-65-69-73-84-78(83)72-68-64-60-56-52-16-14-12-10-8-6-4-2/h12,14,75-76,80-81H,3-11,13,15-74H2,1-2H3,(H,79,82)/b14-12-. The van der Waals surface area contributed by atoms with Gasteiger partial charge in [-0.3, -0.25) is 9.59 Å². The Morgan fingerprint density at radius 2 is 0.560 bits per heavy atom. The molecule has 84 heavy (non-hydrogen) atoms. The van der Waals surface area contributed by atoms with Crippen molar-refractivity contribution < 1.29 is 24.5 Å². The predicted octanol–water partition coefficient (Wildman–Crippen LogP) is 25.5. The molecule has 0 saturated carbocycles. The monoisotopic (exact) mass is 1180 g/mol. The molecule has 0 aromatic heterocycles. The minimum absolute atomic E-state index is 0.0122. The van der Waals surface area contributed by atoms with Gasteiger partial charge in [0.15, 0.2) is 0 Å². The van der Waals surface area contributed by atoms with Crippen LogP contribution in [-0.4, -0.2) is 47.4 Å².